The number of aliphatic carboxylic acids is 1. The second kappa shape index (κ2) is 8.51. The number of hydrogen-bond donors (Lipinski definition) is 2. The number of benzene rings is 2. The third-order valence-electron chi connectivity index (χ3n) is 4.92. The average molecular weight is 402 g/mol. The number of Topliss-reactive ketones (excluding diaryl/α,β-unsaturated/α-hetero) is 1. The van der Waals surface area contributed by atoms with Gasteiger partial charge in [0.2, 0.25) is 0 Å². The number of rotatable bonds is 8. The Hall–Kier alpha value is -3.09. The smallest absolute Gasteiger partial charge is 0.307 e. The van der Waals surface area contributed by atoms with Crippen molar-refractivity contribution in [1.82, 2.24) is 0 Å². The largest absolute Gasteiger partial charge is 0.507 e. The topological polar surface area (TPSA) is 93.1 Å². The molecule has 2 N–H and O–H groups in total. The van der Waals surface area contributed by atoms with E-state index in [0.717, 1.165) is 6.42 Å². The molecule has 0 aliphatic carbocycles. The van der Waals surface area contributed by atoms with Crippen molar-refractivity contribution in [1.29, 1.82) is 0 Å². The number of carbonyl (C=O) groups is 2. The molecule has 2 aromatic carbocycles. The zero-order valence-electron chi connectivity index (χ0n) is 16.3. The lowest BCUT2D eigenvalue weighted by atomic mass is 9.98. The molecule has 7 heteroatoms. The number of hydrogen-bond acceptors (Lipinski definition) is 5. The summed E-state index contributed by atoms with van der Waals surface area (Å²) in [5.41, 5.74) is 1.74. The molecule has 0 bridgehead atoms. The maximum absolute atomic E-state index is 14.3. The van der Waals surface area contributed by atoms with Gasteiger partial charge >= 0.3 is 5.97 Å². The summed E-state index contributed by atoms with van der Waals surface area (Å²) in [4.78, 5) is 22.6. The molecule has 6 nitrogen and oxygen atoms in total. The molecule has 1 aliphatic heterocycles. The SMILES string of the molecule is CCCc1c(OCC2COc3c(F)cc(CC(=O)O)cc32)ccc(C(C)=O)c1O. The van der Waals surface area contributed by atoms with E-state index in [-0.39, 0.29) is 48.4 Å². The number of aromatic hydroxyl groups is 1. The Kier molecular flexibility index (Phi) is 6.06. The number of phenols is 1. The van der Waals surface area contributed by atoms with Crippen LogP contribution in [0, 0.1) is 5.82 Å². The van der Waals surface area contributed by atoms with Crippen LogP contribution >= 0.6 is 0 Å². The molecule has 154 valence electrons. The van der Waals surface area contributed by atoms with Crippen molar-refractivity contribution in [2.24, 2.45) is 0 Å². The number of carboxylic acid groups (broad SMARTS) is 1. The number of phenolic OH excluding ortho intramolecular Hbond substituents is 1. The summed E-state index contributed by atoms with van der Waals surface area (Å²) < 4.78 is 25.6. The Labute approximate surface area is 167 Å². The van der Waals surface area contributed by atoms with Gasteiger partial charge in [0, 0.05) is 11.1 Å². The lowest BCUT2D eigenvalue weighted by Gasteiger charge is -2.17. The molecule has 0 saturated carbocycles. The molecule has 0 aromatic heterocycles. The lowest BCUT2D eigenvalue weighted by Crippen LogP contribution is -2.13. The summed E-state index contributed by atoms with van der Waals surface area (Å²) in [6.07, 6.45) is 1.01. The van der Waals surface area contributed by atoms with Gasteiger partial charge in [-0.25, -0.2) is 4.39 Å². The van der Waals surface area contributed by atoms with Crippen LogP contribution < -0.4 is 9.47 Å². The van der Waals surface area contributed by atoms with Crippen LogP contribution in [0.5, 0.6) is 17.2 Å². The maximum atomic E-state index is 14.3. The van der Waals surface area contributed by atoms with Crippen molar-refractivity contribution in [3.05, 3.63) is 52.3 Å². The van der Waals surface area contributed by atoms with Crippen LogP contribution in [0.4, 0.5) is 4.39 Å². The Morgan fingerprint density at radius 2 is 2.07 bits per heavy atom. The fourth-order valence-corrected chi connectivity index (χ4v) is 3.54. The van der Waals surface area contributed by atoms with Crippen LogP contribution in [-0.4, -0.2) is 35.2 Å². The summed E-state index contributed by atoms with van der Waals surface area (Å²) in [5.74, 6) is -1.63. The van der Waals surface area contributed by atoms with Crippen molar-refractivity contribution in [3.63, 3.8) is 0 Å². The van der Waals surface area contributed by atoms with Gasteiger partial charge in [-0.1, -0.05) is 19.4 Å². The van der Waals surface area contributed by atoms with Crippen LogP contribution in [0.2, 0.25) is 0 Å². The molecule has 3 rings (SSSR count). The maximum Gasteiger partial charge on any atom is 0.307 e. The first-order valence-electron chi connectivity index (χ1n) is 9.47. The molecule has 1 unspecified atom stereocenters. The van der Waals surface area contributed by atoms with E-state index in [2.05, 4.69) is 0 Å². The van der Waals surface area contributed by atoms with Gasteiger partial charge in [-0.3, -0.25) is 9.59 Å². The second-order valence-corrected chi connectivity index (χ2v) is 7.13. The molecule has 1 heterocycles. The van der Waals surface area contributed by atoms with E-state index in [1.54, 1.807) is 12.1 Å². The molecular weight excluding hydrogens is 379 g/mol. The van der Waals surface area contributed by atoms with Gasteiger partial charge in [0.15, 0.2) is 17.3 Å². The van der Waals surface area contributed by atoms with Crippen molar-refractivity contribution in [2.45, 2.75) is 39.0 Å². The highest BCUT2D eigenvalue weighted by molar-refractivity contribution is 5.97. The third-order valence-corrected chi connectivity index (χ3v) is 4.92. The molecule has 0 saturated heterocycles. The van der Waals surface area contributed by atoms with Crippen LogP contribution in [0.1, 0.15) is 53.2 Å². The zero-order chi connectivity index (χ0) is 21.1. The lowest BCUT2D eigenvalue weighted by molar-refractivity contribution is -0.136. The molecule has 1 aliphatic rings. The summed E-state index contributed by atoms with van der Waals surface area (Å²) in [5, 5.41) is 19.4. The molecule has 0 spiro atoms. The van der Waals surface area contributed by atoms with E-state index in [1.165, 1.54) is 19.1 Å². The van der Waals surface area contributed by atoms with Crippen LogP contribution in [0.25, 0.3) is 0 Å². The number of ketones is 1. The van der Waals surface area contributed by atoms with E-state index >= 15 is 0 Å². The van der Waals surface area contributed by atoms with Crippen molar-refractivity contribution in [2.75, 3.05) is 13.2 Å². The summed E-state index contributed by atoms with van der Waals surface area (Å²) in [7, 11) is 0. The average Bonchev–Trinajstić information content (AvgIpc) is 3.05. The van der Waals surface area contributed by atoms with Crippen molar-refractivity contribution >= 4 is 11.8 Å². The number of halogens is 1. The second-order valence-electron chi connectivity index (χ2n) is 7.13. The predicted molar refractivity (Wildman–Crippen MR) is 104 cm³/mol. The number of carboxylic acids is 1. The molecule has 0 fully saturated rings. The Balaban J connectivity index is 1.84. The van der Waals surface area contributed by atoms with E-state index in [4.69, 9.17) is 14.6 Å². The highest BCUT2D eigenvalue weighted by atomic mass is 19.1. The van der Waals surface area contributed by atoms with Gasteiger partial charge < -0.3 is 19.7 Å². The van der Waals surface area contributed by atoms with Gasteiger partial charge in [0.05, 0.1) is 31.1 Å². The fourth-order valence-electron chi connectivity index (χ4n) is 3.54. The first-order chi connectivity index (χ1) is 13.8. The first kappa shape index (κ1) is 20.6. The highest BCUT2D eigenvalue weighted by Crippen LogP contribution is 2.39. The molecule has 29 heavy (non-hydrogen) atoms. The molecular formula is C22H23FO6. The standard InChI is InChI=1S/C22H23FO6/c1-3-4-16-19(6-5-15(12(2)24)21(16)27)28-10-14-11-29-22-17(14)7-13(8-18(22)23)9-20(25)26/h5-8,14,27H,3-4,9-11H2,1-2H3,(H,25,26). The first-order valence-corrected chi connectivity index (χ1v) is 9.47. The number of fused-ring (bicyclic) bond motifs is 1. The Bertz CT molecular complexity index is 953. The normalized spacial score (nSPS) is 14.9. The van der Waals surface area contributed by atoms with Gasteiger partial charge in [-0.2, -0.15) is 0 Å². The van der Waals surface area contributed by atoms with E-state index < -0.39 is 11.8 Å². The van der Waals surface area contributed by atoms with Crippen LogP contribution in [0.15, 0.2) is 24.3 Å². The minimum Gasteiger partial charge on any atom is -0.507 e. The van der Waals surface area contributed by atoms with Crippen molar-refractivity contribution in [3.8, 4) is 17.2 Å². The molecule has 0 amide bonds. The van der Waals surface area contributed by atoms with Gasteiger partial charge in [-0.15, -0.1) is 0 Å². The minimum absolute atomic E-state index is 0.0743. The monoisotopic (exact) mass is 402 g/mol. The summed E-state index contributed by atoms with van der Waals surface area (Å²) >= 11 is 0. The molecule has 2 aromatic rings. The molecule has 1 atom stereocenters. The highest BCUT2D eigenvalue weighted by Gasteiger charge is 2.29. The molecule has 0 radical (unpaired) electrons. The van der Waals surface area contributed by atoms with Crippen LogP contribution in [-0.2, 0) is 17.6 Å². The quantitative estimate of drug-likeness (QED) is 0.651. The predicted octanol–water partition coefficient (Wildman–Crippen LogP) is 3.87. The van der Waals surface area contributed by atoms with Gasteiger partial charge in [0.25, 0.3) is 0 Å². The van der Waals surface area contributed by atoms with E-state index in [0.29, 0.717) is 28.9 Å². The van der Waals surface area contributed by atoms with Gasteiger partial charge in [0.1, 0.15) is 11.5 Å². The Morgan fingerprint density at radius 3 is 2.72 bits per heavy atom. The number of carbonyl (C=O) groups excluding carboxylic acids is 1. The van der Waals surface area contributed by atoms with E-state index in [9.17, 15) is 19.1 Å². The third kappa shape index (κ3) is 4.34. The number of ether oxygens (including phenoxy) is 2. The summed E-state index contributed by atoms with van der Waals surface area (Å²) in [6.45, 7) is 3.72. The Morgan fingerprint density at radius 1 is 1.31 bits per heavy atom. The van der Waals surface area contributed by atoms with Crippen LogP contribution in [0.3, 0.4) is 0 Å². The van der Waals surface area contributed by atoms with Crippen molar-refractivity contribution < 1.29 is 33.7 Å². The fraction of sp³-hybridized carbons (Fsp3) is 0.364. The van der Waals surface area contributed by atoms with Gasteiger partial charge in [-0.05, 0) is 37.1 Å². The zero-order valence-corrected chi connectivity index (χ0v) is 16.3. The van der Waals surface area contributed by atoms with E-state index in [1.807, 2.05) is 6.92 Å². The summed E-state index contributed by atoms with van der Waals surface area (Å²) in [6, 6.07) is 5.99. The minimum atomic E-state index is -1.04.